The van der Waals surface area contributed by atoms with E-state index in [-0.39, 0.29) is 63.9 Å². The van der Waals surface area contributed by atoms with Gasteiger partial charge < -0.3 is 19.3 Å². The average Bonchev–Trinajstić information content (AvgIpc) is 3.28. The molecule has 2 aromatic carbocycles. The molecule has 0 unspecified atom stereocenters. The highest BCUT2D eigenvalue weighted by molar-refractivity contribution is 7.92. The Morgan fingerprint density at radius 2 is 1.83 bits per heavy atom. The number of fused-ring (bicyclic) bond motifs is 1. The molecule has 0 aliphatic carbocycles. The summed E-state index contributed by atoms with van der Waals surface area (Å²) >= 11 is 0. The van der Waals surface area contributed by atoms with Gasteiger partial charge in [0.25, 0.3) is 15.9 Å². The molecule has 3 aromatic rings. The van der Waals surface area contributed by atoms with Gasteiger partial charge in [0.05, 0.1) is 29.7 Å². The van der Waals surface area contributed by atoms with Gasteiger partial charge in [-0.2, -0.15) is 4.31 Å². The van der Waals surface area contributed by atoms with Crippen molar-refractivity contribution in [3.8, 4) is 5.75 Å². The Bertz CT molecular complexity index is 1600. The summed E-state index contributed by atoms with van der Waals surface area (Å²) in [6.07, 6.45) is -0.706. The first kappa shape index (κ1) is 30.5. The normalized spacial score (nSPS) is 18.8. The van der Waals surface area contributed by atoms with Crippen molar-refractivity contribution in [3.63, 3.8) is 0 Å². The summed E-state index contributed by atoms with van der Waals surface area (Å²) in [4.78, 5) is 15.2. The Labute approximate surface area is 240 Å². The Hall–Kier alpha value is -3.46. The molecule has 0 saturated carbocycles. The van der Waals surface area contributed by atoms with Gasteiger partial charge in [-0.1, -0.05) is 30.3 Å². The standard InChI is InChI=1S/C27H34N4O8S2/c1-17-14-31(18(2)16-32)27(33)23-13-21(29-40(34,35)22-9-7-6-8-10-22)11-12-24(23)38-25(17)15-30(5)41(36,37)26-19(3)28-39-20(26)4/h6-13,17-18,25,29,32H,14-16H2,1-5H3/t17-,18+,25-/m1/s1. The fraction of sp³-hybridized carbons (Fsp3) is 0.407. The third-order valence-electron chi connectivity index (χ3n) is 7.04. The minimum absolute atomic E-state index is 0.0139. The SMILES string of the molecule is Cc1noc(C)c1S(=O)(=O)N(C)C[C@H]1Oc2ccc(NS(=O)(=O)c3ccccc3)cc2C(=O)N([C@@H](C)CO)C[C@H]1C. The highest BCUT2D eigenvalue weighted by Crippen LogP contribution is 2.32. The fourth-order valence-electron chi connectivity index (χ4n) is 4.67. The summed E-state index contributed by atoms with van der Waals surface area (Å²) in [5.41, 5.74) is 0.460. The van der Waals surface area contributed by atoms with Gasteiger partial charge >= 0.3 is 0 Å². The summed E-state index contributed by atoms with van der Waals surface area (Å²) in [6, 6.07) is 11.6. The molecular weight excluding hydrogens is 572 g/mol. The zero-order valence-electron chi connectivity index (χ0n) is 23.4. The molecule has 2 heterocycles. The predicted octanol–water partition coefficient (Wildman–Crippen LogP) is 2.63. The minimum atomic E-state index is -3.98. The number of hydrogen-bond donors (Lipinski definition) is 2. The van der Waals surface area contributed by atoms with Crippen LogP contribution in [-0.4, -0.2) is 81.1 Å². The maximum Gasteiger partial charge on any atom is 0.261 e. The molecule has 0 radical (unpaired) electrons. The molecule has 4 rings (SSSR count). The zero-order chi connectivity index (χ0) is 30.1. The summed E-state index contributed by atoms with van der Waals surface area (Å²) in [7, 11) is -6.48. The average molecular weight is 607 g/mol. The molecule has 3 atom stereocenters. The van der Waals surface area contributed by atoms with Crippen LogP contribution in [0.3, 0.4) is 0 Å². The second-order valence-corrected chi connectivity index (χ2v) is 13.9. The number of aliphatic hydroxyl groups excluding tert-OH is 1. The van der Waals surface area contributed by atoms with Crippen LogP contribution >= 0.6 is 0 Å². The lowest BCUT2D eigenvalue weighted by Crippen LogP contribution is -2.50. The van der Waals surface area contributed by atoms with Crippen molar-refractivity contribution in [3.05, 3.63) is 65.5 Å². The summed E-state index contributed by atoms with van der Waals surface area (Å²) < 4.78 is 67.6. The number of carbonyl (C=O) groups excluding carboxylic acids is 1. The number of sulfonamides is 2. The molecule has 0 spiro atoms. The predicted molar refractivity (Wildman–Crippen MR) is 151 cm³/mol. The van der Waals surface area contributed by atoms with Crippen LogP contribution < -0.4 is 9.46 Å². The molecule has 14 heteroatoms. The number of nitrogens with one attached hydrogen (secondary N) is 1. The van der Waals surface area contributed by atoms with E-state index in [0.717, 1.165) is 4.31 Å². The van der Waals surface area contributed by atoms with Crippen molar-refractivity contribution in [2.45, 2.75) is 49.6 Å². The Kier molecular flexibility index (Phi) is 8.78. The number of nitrogens with zero attached hydrogens (tertiary/aromatic N) is 3. The molecule has 1 amide bonds. The number of aromatic nitrogens is 1. The lowest BCUT2D eigenvalue weighted by molar-refractivity contribution is 0.0387. The maximum atomic E-state index is 13.7. The number of likely N-dealkylation sites (N-methyl/N-ethyl adjacent to an activating group) is 1. The van der Waals surface area contributed by atoms with Gasteiger partial charge in [0.1, 0.15) is 22.4 Å². The van der Waals surface area contributed by atoms with Crippen LogP contribution in [0.4, 0.5) is 5.69 Å². The van der Waals surface area contributed by atoms with Crippen LogP contribution in [0.5, 0.6) is 5.75 Å². The van der Waals surface area contributed by atoms with E-state index in [2.05, 4.69) is 9.88 Å². The number of amides is 1. The molecule has 222 valence electrons. The summed E-state index contributed by atoms with van der Waals surface area (Å²) in [5.74, 6) is -0.471. The Morgan fingerprint density at radius 3 is 2.44 bits per heavy atom. The van der Waals surface area contributed by atoms with Crippen molar-refractivity contribution in [2.75, 3.05) is 31.5 Å². The molecule has 12 nitrogen and oxygen atoms in total. The molecule has 0 fully saturated rings. The smallest absolute Gasteiger partial charge is 0.261 e. The second-order valence-electron chi connectivity index (χ2n) is 10.2. The number of rotatable bonds is 9. The third-order valence-corrected chi connectivity index (χ3v) is 10.5. The van der Waals surface area contributed by atoms with Gasteiger partial charge in [0.2, 0.25) is 10.0 Å². The van der Waals surface area contributed by atoms with Gasteiger partial charge in [0.15, 0.2) is 5.76 Å². The van der Waals surface area contributed by atoms with Crippen molar-refractivity contribution in [2.24, 2.45) is 5.92 Å². The third kappa shape index (κ3) is 6.25. The van der Waals surface area contributed by atoms with Crippen LogP contribution in [0.15, 0.2) is 62.8 Å². The number of aryl methyl sites for hydroxylation is 2. The number of hydrogen-bond acceptors (Lipinski definition) is 9. The molecule has 1 aliphatic heterocycles. The van der Waals surface area contributed by atoms with Crippen molar-refractivity contribution >= 4 is 31.6 Å². The van der Waals surface area contributed by atoms with E-state index >= 15 is 0 Å². The van der Waals surface area contributed by atoms with Gasteiger partial charge in [0, 0.05) is 25.2 Å². The Morgan fingerprint density at radius 1 is 1.15 bits per heavy atom. The Balaban J connectivity index is 1.70. The molecule has 1 aromatic heterocycles. The van der Waals surface area contributed by atoms with E-state index in [1.54, 1.807) is 32.0 Å². The molecular formula is C27H34N4O8S2. The van der Waals surface area contributed by atoms with Gasteiger partial charge in [-0.3, -0.25) is 9.52 Å². The van der Waals surface area contributed by atoms with Gasteiger partial charge in [-0.25, -0.2) is 16.8 Å². The first-order chi connectivity index (χ1) is 19.3. The van der Waals surface area contributed by atoms with Crippen LogP contribution in [0.2, 0.25) is 0 Å². The van der Waals surface area contributed by atoms with Crippen molar-refractivity contribution in [1.29, 1.82) is 0 Å². The molecule has 41 heavy (non-hydrogen) atoms. The number of ether oxygens (including phenoxy) is 1. The first-order valence-electron chi connectivity index (χ1n) is 13.0. The number of aliphatic hydroxyl groups is 1. The second kappa shape index (κ2) is 11.8. The van der Waals surface area contributed by atoms with Crippen LogP contribution in [0, 0.1) is 19.8 Å². The van der Waals surface area contributed by atoms with Gasteiger partial charge in [-0.05, 0) is 51.1 Å². The van der Waals surface area contributed by atoms with Crippen LogP contribution in [0.25, 0.3) is 0 Å². The lowest BCUT2D eigenvalue weighted by Gasteiger charge is -2.38. The van der Waals surface area contributed by atoms with E-state index in [4.69, 9.17) is 9.26 Å². The molecule has 0 saturated heterocycles. The number of carbonyl (C=O) groups is 1. The maximum absolute atomic E-state index is 13.7. The highest BCUT2D eigenvalue weighted by atomic mass is 32.2. The zero-order valence-corrected chi connectivity index (χ0v) is 25.1. The molecule has 0 bridgehead atoms. The van der Waals surface area contributed by atoms with Crippen molar-refractivity contribution < 1.29 is 36.0 Å². The number of anilines is 1. The van der Waals surface area contributed by atoms with Crippen molar-refractivity contribution in [1.82, 2.24) is 14.4 Å². The van der Waals surface area contributed by atoms with E-state index in [0.29, 0.717) is 0 Å². The molecule has 2 N–H and O–H groups in total. The fourth-order valence-corrected chi connectivity index (χ4v) is 7.20. The monoisotopic (exact) mass is 606 g/mol. The van der Waals surface area contributed by atoms with Gasteiger partial charge in [-0.15, -0.1) is 0 Å². The topological polar surface area (TPSA) is 159 Å². The lowest BCUT2D eigenvalue weighted by atomic mass is 9.99. The molecule has 1 aliphatic rings. The summed E-state index contributed by atoms with van der Waals surface area (Å²) in [5, 5.41) is 13.6. The van der Waals surface area contributed by atoms with E-state index in [1.165, 1.54) is 49.2 Å². The largest absolute Gasteiger partial charge is 0.488 e. The van der Waals surface area contributed by atoms with E-state index in [9.17, 15) is 26.7 Å². The first-order valence-corrected chi connectivity index (χ1v) is 15.9. The van der Waals surface area contributed by atoms with E-state index < -0.39 is 38.1 Å². The van der Waals surface area contributed by atoms with Crippen LogP contribution in [0.1, 0.15) is 35.7 Å². The summed E-state index contributed by atoms with van der Waals surface area (Å²) in [6.45, 7) is 6.38. The highest BCUT2D eigenvalue weighted by Gasteiger charge is 2.37. The number of benzene rings is 2. The van der Waals surface area contributed by atoms with E-state index in [1.807, 2.05) is 6.92 Å². The quantitative estimate of drug-likeness (QED) is 0.373. The van der Waals surface area contributed by atoms with Crippen LogP contribution in [-0.2, 0) is 20.0 Å². The minimum Gasteiger partial charge on any atom is -0.488 e.